The van der Waals surface area contributed by atoms with Crippen LogP contribution in [0.25, 0.3) is 0 Å². The first kappa shape index (κ1) is 14.1. The molecular formula is C20H17NO. The second-order valence-electron chi connectivity index (χ2n) is 5.08. The minimum Gasteiger partial charge on any atom is -0.457 e. The summed E-state index contributed by atoms with van der Waals surface area (Å²) in [5.74, 6) is 1.64. The van der Waals surface area contributed by atoms with Crippen LogP contribution in [0.2, 0.25) is 0 Å². The van der Waals surface area contributed by atoms with Crippen molar-refractivity contribution in [1.29, 1.82) is 0 Å². The van der Waals surface area contributed by atoms with Gasteiger partial charge in [0, 0.05) is 6.21 Å². The van der Waals surface area contributed by atoms with E-state index in [0.29, 0.717) is 0 Å². The van der Waals surface area contributed by atoms with Crippen molar-refractivity contribution in [1.82, 2.24) is 0 Å². The Morgan fingerprint density at radius 2 is 1.36 bits per heavy atom. The molecule has 0 atom stereocenters. The molecule has 0 N–H and O–H groups in total. The van der Waals surface area contributed by atoms with E-state index < -0.39 is 0 Å². The average molecular weight is 287 g/mol. The molecule has 0 fully saturated rings. The van der Waals surface area contributed by atoms with Gasteiger partial charge in [-0.2, -0.15) is 0 Å². The van der Waals surface area contributed by atoms with Crippen LogP contribution < -0.4 is 4.74 Å². The number of hydrogen-bond donors (Lipinski definition) is 0. The highest BCUT2D eigenvalue weighted by molar-refractivity contribution is 5.81. The van der Waals surface area contributed by atoms with Gasteiger partial charge in [0.05, 0.1) is 5.69 Å². The Kier molecular flexibility index (Phi) is 4.30. The third-order valence-corrected chi connectivity index (χ3v) is 3.26. The van der Waals surface area contributed by atoms with E-state index in [4.69, 9.17) is 4.74 Å². The molecule has 22 heavy (non-hydrogen) atoms. The van der Waals surface area contributed by atoms with Gasteiger partial charge in [-0.15, -0.1) is 0 Å². The van der Waals surface area contributed by atoms with Crippen molar-refractivity contribution in [3.8, 4) is 11.5 Å². The molecule has 0 radical (unpaired) electrons. The van der Waals surface area contributed by atoms with E-state index >= 15 is 0 Å². The van der Waals surface area contributed by atoms with Crippen LogP contribution in [-0.2, 0) is 0 Å². The van der Waals surface area contributed by atoms with Crippen LogP contribution in [-0.4, -0.2) is 6.21 Å². The molecule has 0 aliphatic heterocycles. The summed E-state index contributed by atoms with van der Waals surface area (Å²) in [6.07, 6.45) is 1.87. The van der Waals surface area contributed by atoms with E-state index in [0.717, 1.165) is 22.7 Å². The van der Waals surface area contributed by atoms with Gasteiger partial charge in [-0.25, -0.2) is 0 Å². The van der Waals surface area contributed by atoms with Gasteiger partial charge in [0.15, 0.2) is 0 Å². The number of rotatable bonds is 4. The molecule has 0 spiro atoms. The molecule has 0 aliphatic rings. The summed E-state index contributed by atoms with van der Waals surface area (Å²) >= 11 is 0. The molecule has 2 nitrogen and oxygen atoms in total. The van der Waals surface area contributed by atoms with Crippen LogP contribution in [0.4, 0.5) is 5.69 Å². The molecule has 3 aromatic rings. The average Bonchev–Trinajstić information content (AvgIpc) is 2.57. The Bertz CT molecular complexity index is 744. The maximum Gasteiger partial charge on any atom is 0.127 e. The normalized spacial score (nSPS) is 10.8. The number of benzene rings is 3. The topological polar surface area (TPSA) is 21.6 Å². The van der Waals surface area contributed by atoms with Crippen LogP contribution in [0.5, 0.6) is 11.5 Å². The van der Waals surface area contributed by atoms with E-state index in [1.165, 1.54) is 5.56 Å². The van der Waals surface area contributed by atoms with E-state index in [1.807, 2.05) is 60.8 Å². The lowest BCUT2D eigenvalue weighted by molar-refractivity contribution is 0.483. The van der Waals surface area contributed by atoms with Crippen LogP contribution in [0.1, 0.15) is 11.1 Å². The van der Waals surface area contributed by atoms with Crippen molar-refractivity contribution in [2.75, 3.05) is 0 Å². The first-order valence-corrected chi connectivity index (χ1v) is 7.23. The van der Waals surface area contributed by atoms with E-state index in [-0.39, 0.29) is 0 Å². The van der Waals surface area contributed by atoms with Crippen molar-refractivity contribution in [3.63, 3.8) is 0 Å². The third kappa shape index (κ3) is 3.83. The zero-order valence-electron chi connectivity index (χ0n) is 12.4. The van der Waals surface area contributed by atoms with Gasteiger partial charge < -0.3 is 4.74 Å². The van der Waals surface area contributed by atoms with Gasteiger partial charge in [0.1, 0.15) is 11.5 Å². The fraction of sp³-hybridized carbons (Fsp3) is 0.0500. The molecule has 108 valence electrons. The molecule has 3 rings (SSSR count). The van der Waals surface area contributed by atoms with Crippen molar-refractivity contribution < 1.29 is 4.74 Å². The Balaban J connectivity index is 1.67. The largest absolute Gasteiger partial charge is 0.457 e. The predicted octanol–water partition coefficient (Wildman–Crippen LogP) is 5.54. The Labute approximate surface area is 130 Å². The highest BCUT2D eigenvalue weighted by Crippen LogP contribution is 2.23. The van der Waals surface area contributed by atoms with Crippen molar-refractivity contribution in [3.05, 3.63) is 90.0 Å². The fourth-order valence-electron chi connectivity index (χ4n) is 2.03. The summed E-state index contributed by atoms with van der Waals surface area (Å²) < 4.78 is 5.76. The number of ether oxygens (including phenoxy) is 1. The number of hydrogen-bond acceptors (Lipinski definition) is 2. The second kappa shape index (κ2) is 6.72. The number of para-hydroxylation sites is 1. The summed E-state index contributed by atoms with van der Waals surface area (Å²) in [6.45, 7) is 2.08. The standard InChI is InChI=1S/C20H17NO/c1-16-7-9-17(10-8-16)15-21-18-11-13-20(14-12-18)22-19-5-3-2-4-6-19/h2-15H,1H3. The number of aliphatic imine (C=N–C) groups is 1. The lowest BCUT2D eigenvalue weighted by atomic mass is 10.2. The van der Waals surface area contributed by atoms with Crippen molar-refractivity contribution >= 4 is 11.9 Å². The molecule has 2 heteroatoms. The Morgan fingerprint density at radius 1 is 0.727 bits per heavy atom. The molecule has 0 aliphatic carbocycles. The maximum absolute atomic E-state index is 5.76. The molecule has 0 heterocycles. The summed E-state index contributed by atoms with van der Waals surface area (Å²) in [7, 11) is 0. The van der Waals surface area contributed by atoms with Crippen molar-refractivity contribution in [2.45, 2.75) is 6.92 Å². The summed E-state index contributed by atoms with van der Waals surface area (Å²) in [5, 5.41) is 0. The monoisotopic (exact) mass is 287 g/mol. The SMILES string of the molecule is Cc1ccc(C=Nc2ccc(Oc3ccccc3)cc2)cc1. The van der Waals surface area contributed by atoms with Crippen LogP contribution in [0.3, 0.4) is 0 Å². The van der Waals surface area contributed by atoms with Crippen LogP contribution >= 0.6 is 0 Å². The molecule has 0 unspecified atom stereocenters. The summed E-state index contributed by atoms with van der Waals surface area (Å²) in [4.78, 5) is 4.47. The molecule has 0 saturated heterocycles. The smallest absolute Gasteiger partial charge is 0.127 e. The van der Waals surface area contributed by atoms with Crippen LogP contribution in [0.15, 0.2) is 83.9 Å². The van der Waals surface area contributed by atoms with E-state index in [9.17, 15) is 0 Å². The molecule has 0 saturated carbocycles. The molecule has 3 aromatic carbocycles. The zero-order chi connectivity index (χ0) is 15.2. The van der Waals surface area contributed by atoms with Gasteiger partial charge in [0.25, 0.3) is 0 Å². The van der Waals surface area contributed by atoms with Gasteiger partial charge in [-0.05, 0) is 48.9 Å². The first-order valence-electron chi connectivity index (χ1n) is 7.23. The first-order chi connectivity index (χ1) is 10.8. The molecule has 0 bridgehead atoms. The van der Waals surface area contributed by atoms with Crippen molar-refractivity contribution in [2.24, 2.45) is 4.99 Å². The number of aryl methyl sites for hydroxylation is 1. The summed E-state index contributed by atoms with van der Waals surface area (Å²) in [5.41, 5.74) is 3.25. The van der Waals surface area contributed by atoms with Gasteiger partial charge >= 0.3 is 0 Å². The third-order valence-electron chi connectivity index (χ3n) is 3.26. The number of nitrogens with zero attached hydrogens (tertiary/aromatic N) is 1. The molecular weight excluding hydrogens is 270 g/mol. The highest BCUT2D eigenvalue weighted by atomic mass is 16.5. The van der Waals surface area contributed by atoms with E-state index in [1.54, 1.807) is 0 Å². The molecule has 0 aromatic heterocycles. The lowest BCUT2D eigenvalue weighted by Crippen LogP contribution is -1.83. The Morgan fingerprint density at radius 3 is 2.05 bits per heavy atom. The van der Waals surface area contributed by atoms with Gasteiger partial charge in [-0.3, -0.25) is 4.99 Å². The lowest BCUT2D eigenvalue weighted by Gasteiger charge is -2.05. The summed E-state index contributed by atoms with van der Waals surface area (Å²) in [6, 6.07) is 25.8. The maximum atomic E-state index is 5.76. The van der Waals surface area contributed by atoms with Crippen LogP contribution in [0, 0.1) is 6.92 Å². The minimum absolute atomic E-state index is 0.806. The highest BCUT2D eigenvalue weighted by Gasteiger charge is 1.96. The van der Waals surface area contributed by atoms with Gasteiger partial charge in [-0.1, -0.05) is 48.0 Å². The molecule has 0 amide bonds. The van der Waals surface area contributed by atoms with E-state index in [2.05, 4.69) is 36.2 Å². The zero-order valence-corrected chi connectivity index (χ0v) is 12.4. The Hall–Kier alpha value is -2.87. The minimum atomic E-state index is 0.806. The predicted molar refractivity (Wildman–Crippen MR) is 91.4 cm³/mol. The fourth-order valence-corrected chi connectivity index (χ4v) is 2.03. The second-order valence-corrected chi connectivity index (χ2v) is 5.08. The van der Waals surface area contributed by atoms with Gasteiger partial charge in [0.2, 0.25) is 0 Å². The quantitative estimate of drug-likeness (QED) is 0.577.